The van der Waals surface area contributed by atoms with E-state index in [4.69, 9.17) is 0 Å². The van der Waals surface area contributed by atoms with E-state index in [-0.39, 0.29) is 18.0 Å². The molecule has 0 aliphatic rings. The maximum Gasteiger partial charge on any atom is 0.315 e. The van der Waals surface area contributed by atoms with E-state index in [0.717, 1.165) is 0 Å². The molecule has 0 radical (unpaired) electrons. The van der Waals surface area contributed by atoms with Crippen LogP contribution in [0.3, 0.4) is 0 Å². The summed E-state index contributed by atoms with van der Waals surface area (Å²) < 4.78 is 39.1. The monoisotopic (exact) mass is 436 g/mol. The number of halogens is 1. The van der Waals surface area contributed by atoms with E-state index in [2.05, 4.69) is 16.0 Å². The van der Waals surface area contributed by atoms with Gasteiger partial charge in [0.2, 0.25) is 15.9 Å². The summed E-state index contributed by atoms with van der Waals surface area (Å²) >= 11 is 0. The average molecular weight is 437 g/mol. The largest absolute Gasteiger partial charge is 0.334 e. The molecular weight excluding hydrogens is 411 g/mol. The molecule has 0 fully saturated rings. The maximum atomic E-state index is 12.8. The molecule has 0 saturated carbocycles. The van der Waals surface area contributed by atoms with Gasteiger partial charge in [-0.05, 0) is 42.0 Å². The van der Waals surface area contributed by atoms with Gasteiger partial charge in [-0.3, -0.25) is 4.79 Å². The van der Waals surface area contributed by atoms with Gasteiger partial charge in [-0.1, -0.05) is 26.0 Å². The Morgan fingerprint density at radius 3 is 2.10 bits per heavy atom. The van der Waals surface area contributed by atoms with Crippen LogP contribution in [-0.4, -0.2) is 44.3 Å². The van der Waals surface area contributed by atoms with E-state index in [9.17, 15) is 22.4 Å². The van der Waals surface area contributed by atoms with Crippen molar-refractivity contribution in [2.24, 2.45) is 0 Å². The van der Waals surface area contributed by atoms with Crippen LogP contribution >= 0.6 is 0 Å². The van der Waals surface area contributed by atoms with Crippen molar-refractivity contribution in [2.75, 3.05) is 25.0 Å². The quantitative estimate of drug-likeness (QED) is 0.561. The third kappa shape index (κ3) is 6.53. The van der Waals surface area contributed by atoms with Crippen molar-refractivity contribution in [3.05, 3.63) is 59.9 Å². The molecule has 0 spiro atoms. The molecule has 10 heteroatoms. The van der Waals surface area contributed by atoms with Crippen molar-refractivity contribution in [3.63, 3.8) is 0 Å². The highest BCUT2D eigenvalue weighted by molar-refractivity contribution is 7.89. The van der Waals surface area contributed by atoms with Crippen molar-refractivity contribution >= 4 is 27.6 Å². The second-order valence-corrected chi connectivity index (χ2v) is 8.26. The number of carbonyl (C=O) groups excluding carboxylic acids is 2. The number of anilines is 1. The molecule has 162 valence electrons. The molecule has 8 nitrogen and oxygen atoms in total. The van der Waals surface area contributed by atoms with Crippen LogP contribution < -0.4 is 16.0 Å². The normalized spacial score (nSPS) is 11.2. The number of sulfonamides is 1. The van der Waals surface area contributed by atoms with Gasteiger partial charge in [-0.2, -0.15) is 4.31 Å². The first kappa shape index (κ1) is 23.3. The second kappa shape index (κ2) is 10.7. The molecule has 2 aromatic rings. The fourth-order valence-corrected chi connectivity index (χ4v) is 4.09. The molecule has 0 bridgehead atoms. The lowest BCUT2D eigenvalue weighted by atomic mass is 10.2. The van der Waals surface area contributed by atoms with Crippen molar-refractivity contribution in [3.8, 4) is 0 Å². The lowest BCUT2D eigenvalue weighted by Gasteiger charge is -2.18. The molecule has 0 saturated heterocycles. The van der Waals surface area contributed by atoms with Crippen molar-refractivity contribution < 1.29 is 22.4 Å². The zero-order valence-electron chi connectivity index (χ0n) is 16.8. The summed E-state index contributed by atoms with van der Waals surface area (Å²) in [5, 5.41) is 7.53. The van der Waals surface area contributed by atoms with Crippen molar-refractivity contribution in [1.29, 1.82) is 0 Å². The smallest absolute Gasteiger partial charge is 0.315 e. The number of amides is 3. The van der Waals surface area contributed by atoms with Crippen LogP contribution in [0.4, 0.5) is 14.9 Å². The van der Waals surface area contributed by atoms with Gasteiger partial charge in [0.15, 0.2) is 0 Å². The molecule has 0 aromatic heterocycles. The fraction of sp³-hybridized carbons (Fsp3) is 0.300. The van der Waals surface area contributed by atoms with E-state index in [1.807, 2.05) is 0 Å². The van der Waals surface area contributed by atoms with Crippen LogP contribution in [0.15, 0.2) is 53.4 Å². The molecule has 0 aliphatic heterocycles. The maximum absolute atomic E-state index is 12.8. The summed E-state index contributed by atoms with van der Waals surface area (Å²) in [4.78, 5) is 23.9. The third-order valence-electron chi connectivity index (χ3n) is 4.26. The van der Waals surface area contributed by atoms with Crippen LogP contribution in [-0.2, 0) is 21.4 Å². The van der Waals surface area contributed by atoms with Gasteiger partial charge in [-0.25, -0.2) is 17.6 Å². The minimum atomic E-state index is -3.53. The number of nitrogens with one attached hydrogen (secondary N) is 3. The van der Waals surface area contributed by atoms with Gasteiger partial charge < -0.3 is 16.0 Å². The highest BCUT2D eigenvalue weighted by atomic mass is 32.2. The van der Waals surface area contributed by atoms with Crippen LogP contribution in [0.5, 0.6) is 0 Å². The lowest BCUT2D eigenvalue weighted by molar-refractivity contribution is -0.115. The molecule has 2 rings (SSSR count). The predicted octanol–water partition coefficient (Wildman–Crippen LogP) is 2.29. The van der Waals surface area contributed by atoms with E-state index >= 15 is 0 Å². The Morgan fingerprint density at radius 1 is 0.933 bits per heavy atom. The summed E-state index contributed by atoms with van der Waals surface area (Å²) in [5.74, 6) is -0.869. The first-order chi connectivity index (χ1) is 14.3. The second-order valence-electron chi connectivity index (χ2n) is 6.32. The van der Waals surface area contributed by atoms with E-state index in [1.165, 1.54) is 40.7 Å². The Bertz CT molecular complexity index is 959. The number of hydrogen-bond acceptors (Lipinski definition) is 4. The standard InChI is InChI=1S/C20H25FN4O4S/c1-3-25(4-2)30(28,29)18-11-5-15(6-12-18)13-22-20(27)23-14-19(26)24-17-9-7-16(21)8-10-17/h5-12H,3-4,13-14H2,1-2H3,(H,24,26)(H2,22,23,27). The summed E-state index contributed by atoms with van der Waals surface area (Å²) in [6, 6.07) is 11.0. The molecule has 3 amide bonds. The zero-order chi connectivity index (χ0) is 22.1. The van der Waals surface area contributed by atoms with Gasteiger partial charge in [0, 0.05) is 25.3 Å². The van der Waals surface area contributed by atoms with Crippen molar-refractivity contribution in [1.82, 2.24) is 14.9 Å². The first-order valence-electron chi connectivity index (χ1n) is 9.42. The van der Waals surface area contributed by atoms with Crippen molar-refractivity contribution in [2.45, 2.75) is 25.3 Å². The molecular formula is C20H25FN4O4S. The Hall–Kier alpha value is -2.98. The van der Waals surface area contributed by atoms with Crippen LogP contribution in [0.1, 0.15) is 19.4 Å². The number of benzene rings is 2. The zero-order valence-corrected chi connectivity index (χ0v) is 17.6. The van der Waals surface area contributed by atoms with Gasteiger partial charge in [0.25, 0.3) is 0 Å². The highest BCUT2D eigenvalue weighted by Gasteiger charge is 2.21. The first-order valence-corrected chi connectivity index (χ1v) is 10.9. The molecule has 0 unspecified atom stereocenters. The van der Waals surface area contributed by atoms with Crippen LogP contribution in [0.25, 0.3) is 0 Å². The Labute approximate surface area is 175 Å². The minimum Gasteiger partial charge on any atom is -0.334 e. The summed E-state index contributed by atoms with van der Waals surface area (Å²) in [7, 11) is -3.53. The minimum absolute atomic E-state index is 0.164. The van der Waals surface area contributed by atoms with Gasteiger partial charge in [0.05, 0.1) is 11.4 Å². The topological polar surface area (TPSA) is 108 Å². The third-order valence-corrected chi connectivity index (χ3v) is 6.32. The van der Waals surface area contributed by atoms with Crippen LogP contribution in [0.2, 0.25) is 0 Å². The van der Waals surface area contributed by atoms with Gasteiger partial charge >= 0.3 is 6.03 Å². The Kier molecular flexibility index (Phi) is 8.31. The fourth-order valence-electron chi connectivity index (χ4n) is 2.64. The van der Waals surface area contributed by atoms with Gasteiger partial charge in [0.1, 0.15) is 5.82 Å². The number of carbonyl (C=O) groups is 2. The molecule has 0 aliphatic carbocycles. The predicted molar refractivity (Wildman–Crippen MR) is 112 cm³/mol. The number of hydrogen-bond donors (Lipinski definition) is 3. The molecule has 0 atom stereocenters. The van der Waals surface area contributed by atoms with E-state index < -0.39 is 27.8 Å². The van der Waals surface area contributed by atoms with E-state index in [0.29, 0.717) is 24.3 Å². The summed E-state index contributed by atoms with van der Waals surface area (Å²) in [5.41, 5.74) is 1.13. The summed E-state index contributed by atoms with van der Waals surface area (Å²) in [6.45, 7) is 4.23. The summed E-state index contributed by atoms with van der Waals surface area (Å²) in [6.07, 6.45) is 0. The molecule has 30 heavy (non-hydrogen) atoms. The van der Waals surface area contributed by atoms with E-state index in [1.54, 1.807) is 26.0 Å². The van der Waals surface area contributed by atoms with Crippen LogP contribution in [0, 0.1) is 5.82 Å². The average Bonchev–Trinajstić information content (AvgIpc) is 2.73. The molecule has 0 heterocycles. The Balaban J connectivity index is 1.80. The Morgan fingerprint density at radius 2 is 1.53 bits per heavy atom. The van der Waals surface area contributed by atoms with Gasteiger partial charge in [-0.15, -0.1) is 0 Å². The molecule has 2 aromatic carbocycles. The lowest BCUT2D eigenvalue weighted by Crippen LogP contribution is -2.39. The number of urea groups is 1. The number of nitrogens with zero attached hydrogens (tertiary/aromatic N) is 1. The highest BCUT2D eigenvalue weighted by Crippen LogP contribution is 2.16. The SMILES string of the molecule is CCN(CC)S(=O)(=O)c1ccc(CNC(=O)NCC(=O)Nc2ccc(F)cc2)cc1. The molecule has 3 N–H and O–H groups in total. The number of rotatable bonds is 9.